The van der Waals surface area contributed by atoms with Gasteiger partial charge >= 0.3 is 0 Å². The lowest BCUT2D eigenvalue weighted by atomic mass is 10.0. The van der Waals surface area contributed by atoms with Gasteiger partial charge in [-0.2, -0.15) is 0 Å². The van der Waals surface area contributed by atoms with Crippen LogP contribution in [-0.2, 0) is 6.42 Å². The van der Waals surface area contributed by atoms with Crippen molar-refractivity contribution in [3.63, 3.8) is 0 Å². The van der Waals surface area contributed by atoms with Crippen molar-refractivity contribution < 1.29 is 9.32 Å². The number of amides is 1. The van der Waals surface area contributed by atoms with Gasteiger partial charge in [-0.3, -0.25) is 4.79 Å². The minimum atomic E-state index is -0.0351. The summed E-state index contributed by atoms with van der Waals surface area (Å²) in [6.45, 7) is 7.01. The standard InChI is InChI=1S/C20H22N6O2/c1-12-19(13(2)28-25-12)18-9-16(22-11-23-18)8-15-5-7-26(10-15)20(27)17-4-6-21-14(3)24-17/h4,6,9,11,15H,5,7-8,10H2,1-3H3/t15-/m0/s1. The lowest BCUT2D eigenvalue weighted by Crippen LogP contribution is -2.29. The number of aromatic nitrogens is 5. The van der Waals surface area contributed by atoms with E-state index >= 15 is 0 Å². The molecule has 1 saturated heterocycles. The number of hydrogen-bond acceptors (Lipinski definition) is 7. The summed E-state index contributed by atoms with van der Waals surface area (Å²) in [5.74, 6) is 1.68. The van der Waals surface area contributed by atoms with Gasteiger partial charge < -0.3 is 9.42 Å². The van der Waals surface area contributed by atoms with Gasteiger partial charge in [-0.15, -0.1) is 0 Å². The van der Waals surface area contributed by atoms with E-state index in [1.807, 2.05) is 24.8 Å². The summed E-state index contributed by atoms with van der Waals surface area (Å²) >= 11 is 0. The summed E-state index contributed by atoms with van der Waals surface area (Å²) in [6, 6.07) is 3.66. The number of carbonyl (C=O) groups is 1. The second kappa shape index (κ2) is 7.46. The molecule has 1 amide bonds. The predicted octanol–water partition coefficient (Wildman–Crippen LogP) is 2.55. The maximum Gasteiger partial charge on any atom is 0.272 e. The molecule has 1 fully saturated rings. The highest BCUT2D eigenvalue weighted by Gasteiger charge is 2.28. The fourth-order valence-corrected chi connectivity index (χ4v) is 3.71. The van der Waals surface area contributed by atoms with Gasteiger partial charge in [0, 0.05) is 25.0 Å². The molecule has 144 valence electrons. The molecule has 28 heavy (non-hydrogen) atoms. The molecule has 0 N–H and O–H groups in total. The first-order valence-corrected chi connectivity index (χ1v) is 9.34. The van der Waals surface area contributed by atoms with Gasteiger partial charge in [-0.25, -0.2) is 19.9 Å². The fraction of sp³-hybridized carbons (Fsp3) is 0.400. The van der Waals surface area contributed by atoms with Crippen LogP contribution in [0.2, 0.25) is 0 Å². The largest absolute Gasteiger partial charge is 0.361 e. The third-order valence-electron chi connectivity index (χ3n) is 5.08. The van der Waals surface area contributed by atoms with Gasteiger partial charge in [0.25, 0.3) is 5.91 Å². The molecule has 0 aliphatic carbocycles. The Bertz CT molecular complexity index is 996. The molecule has 4 rings (SSSR count). The van der Waals surface area contributed by atoms with Gasteiger partial charge in [-0.05, 0) is 51.7 Å². The molecule has 0 unspecified atom stereocenters. The lowest BCUT2D eigenvalue weighted by Gasteiger charge is -2.16. The predicted molar refractivity (Wildman–Crippen MR) is 101 cm³/mol. The Hall–Kier alpha value is -3.16. The van der Waals surface area contributed by atoms with Crippen LogP contribution in [0.25, 0.3) is 11.3 Å². The zero-order valence-electron chi connectivity index (χ0n) is 16.2. The lowest BCUT2D eigenvalue weighted by molar-refractivity contribution is 0.0780. The van der Waals surface area contributed by atoms with Crippen LogP contribution in [0, 0.1) is 26.7 Å². The van der Waals surface area contributed by atoms with Gasteiger partial charge in [-0.1, -0.05) is 5.16 Å². The van der Waals surface area contributed by atoms with Crippen molar-refractivity contribution in [2.45, 2.75) is 33.6 Å². The Labute approximate surface area is 163 Å². The van der Waals surface area contributed by atoms with Gasteiger partial charge in [0.05, 0.1) is 17.0 Å². The first kappa shape index (κ1) is 18.2. The van der Waals surface area contributed by atoms with Crippen LogP contribution in [0.15, 0.2) is 29.2 Å². The van der Waals surface area contributed by atoms with Crippen LogP contribution >= 0.6 is 0 Å². The monoisotopic (exact) mass is 378 g/mol. The molecule has 0 radical (unpaired) electrons. The number of carbonyl (C=O) groups excluding carboxylic acids is 1. The summed E-state index contributed by atoms with van der Waals surface area (Å²) in [5.41, 5.74) is 3.98. The molecule has 3 aromatic heterocycles. The maximum absolute atomic E-state index is 12.7. The van der Waals surface area contributed by atoms with Crippen LogP contribution in [0.1, 0.15) is 39.9 Å². The average molecular weight is 378 g/mol. The van der Waals surface area contributed by atoms with Crippen LogP contribution in [0.5, 0.6) is 0 Å². The van der Waals surface area contributed by atoms with E-state index in [2.05, 4.69) is 25.1 Å². The van der Waals surface area contributed by atoms with E-state index in [0.717, 1.165) is 47.8 Å². The van der Waals surface area contributed by atoms with Gasteiger partial charge in [0.15, 0.2) is 0 Å². The number of nitrogens with zero attached hydrogens (tertiary/aromatic N) is 6. The molecule has 1 atom stereocenters. The Kier molecular flexibility index (Phi) is 4.85. The summed E-state index contributed by atoms with van der Waals surface area (Å²) in [5, 5.41) is 4.00. The van der Waals surface area contributed by atoms with E-state index in [1.165, 1.54) is 0 Å². The summed E-state index contributed by atoms with van der Waals surface area (Å²) in [6.07, 6.45) is 4.95. The molecule has 8 heteroatoms. The van der Waals surface area contributed by atoms with Crippen LogP contribution in [-0.4, -0.2) is 49.0 Å². The van der Waals surface area contributed by atoms with Gasteiger partial charge in [0.1, 0.15) is 23.6 Å². The highest BCUT2D eigenvalue weighted by Crippen LogP contribution is 2.27. The first-order chi connectivity index (χ1) is 13.5. The average Bonchev–Trinajstić information content (AvgIpc) is 3.28. The van der Waals surface area contributed by atoms with Crippen molar-refractivity contribution in [3.05, 3.63) is 53.3 Å². The number of likely N-dealkylation sites (tertiary alicyclic amines) is 1. The van der Waals surface area contributed by atoms with E-state index in [0.29, 0.717) is 24.0 Å². The maximum atomic E-state index is 12.7. The third kappa shape index (κ3) is 3.62. The molecule has 8 nitrogen and oxygen atoms in total. The second-order valence-corrected chi connectivity index (χ2v) is 7.19. The first-order valence-electron chi connectivity index (χ1n) is 9.34. The summed E-state index contributed by atoms with van der Waals surface area (Å²) in [4.78, 5) is 31.6. The van der Waals surface area contributed by atoms with Crippen molar-refractivity contribution in [1.29, 1.82) is 0 Å². The van der Waals surface area contributed by atoms with Crippen LogP contribution in [0.4, 0.5) is 0 Å². The highest BCUT2D eigenvalue weighted by atomic mass is 16.5. The number of aryl methyl sites for hydroxylation is 3. The van der Waals surface area contributed by atoms with E-state index < -0.39 is 0 Å². The Balaban J connectivity index is 1.45. The normalized spacial score (nSPS) is 16.5. The molecule has 0 spiro atoms. The van der Waals surface area contributed by atoms with Gasteiger partial charge in [0.2, 0.25) is 0 Å². The minimum Gasteiger partial charge on any atom is -0.361 e. The Morgan fingerprint density at radius 3 is 2.86 bits per heavy atom. The smallest absolute Gasteiger partial charge is 0.272 e. The van der Waals surface area contributed by atoms with Crippen LogP contribution < -0.4 is 0 Å². The van der Waals surface area contributed by atoms with Crippen molar-refractivity contribution in [3.8, 4) is 11.3 Å². The molecule has 0 saturated carbocycles. The zero-order valence-corrected chi connectivity index (χ0v) is 16.2. The van der Waals surface area contributed by atoms with Crippen molar-refractivity contribution in [1.82, 2.24) is 30.0 Å². The van der Waals surface area contributed by atoms with E-state index in [-0.39, 0.29) is 5.91 Å². The Morgan fingerprint density at radius 2 is 2.11 bits per heavy atom. The summed E-state index contributed by atoms with van der Waals surface area (Å²) < 4.78 is 5.25. The highest BCUT2D eigenvalue weighted by molar-refractivity contribution is 5.92. The minimum absolute atomic E-state index is 0.0351. The summed E-state index contributed by atoms with van der Waals surface area (Å²) in [7, 11) is 0. The number of rotatable bonds is 4. The Morgan fingerprint density at radius 1 is 1.25 bits per heavy atom. The fourth-order valence-electron chi connectivity index (χ4n) is 3.71. The molecule has 0 bridgehead atoms. The van der Waals surface area contributed by atoms with E-state index in [9.17, 15) is 4.79 Å². The third-order valence-corrected chi connectivity index (χ3v) is 5.08. The topological polar surface area (TPSA) is 97.9 Å². The van der Waals surface area contributed by atoms with Crippen molar-refractivity contribution >= 4 is 5.91 Å². The zero-order chi connectivity index (χ0) is 19.7. The quantitative estimate of drug-likeness (QED) is 0.688. The molecular formula is C20H22N6O2. The number of hydrogen-bond donors (Lipinski definition) is 0. The van der Waals surface area contributed by atoms with Crippen molar-refractivity contribution in [2.24, 2.45) is 5.92 Å². The second-order valence-electron chi connectivity index (χ2n) is 7.19. The molecule has 3 aromatic rings. The van der Waals surface area contributed by atoms with E-state index in [1.54, 1.807) is 25.5 Å². The SMILES string of the molecule is Cc1nccc(C(=O)N2CC[C@@H](Cc3cc(-c4c(C)noc4C)ncn3)C2)n1. The van der Waals surface area contributed by atoms with Crippen molar-refractivity contribution in [2.75, 3.05) is 13.1 Å². The molecule has 4 heterocycles. The molecule has 1 aliphatic rings. The molecular weight excluding hydrogens is 356 g/mol. The molecule has 0 aromatic carbocycles. The van der Waals surface area contributed by atoms with Crippen LogP contribution in [0.3, 0.4) is 0 Å². The van der Waals surface area contributed by atoms with E-state index in [4.69, 9.17) is 4.52 Å². The molecule has 1 aliphatic heterocycles.